The zero-order valence-corrected chi connectivity index (χ0v) is 11.0. The first-order valence-corrected chi connectivity index (χ1v) is 6.03. The molecule has 1 rings (SSSR count). The summed E-state index contributed by atoms with van der Waals surface area (Å²) in [5, 5.41) is 3.17. The van der Waals surface area contributed by atoms with Gasteiger partial charge in [0.15, 0.2) is 0 Å². The maximum absolute atomic E-state index is 11.4. The third-order valence-corrected chi connectivity index (χ3v) is 2.82. The van der Waals surface area contributed by atoms with E-state index in [0.29, 0.717) is 18.5 Å². The number of rotatable bonds is 6. The van der Waals surface area contributed by atoms with E-state index in [1.165, 1.54) is 7.11 Å². The molecule has 0 saturated carbocycles. The van der Waals surface area contributed by atoms with Crippen molar-refractivity contribution in [2.24, 2.45) is 5.92 Å². The number of ether oxygens (including phenoxy) is 1. The molecule has 0 aliphatic heterocycles. The van der Waals surface area contributed by atoms with E-state index < -0.39 is 0 Å². The standard InChI is InChI=1S/C14H19NO3/c1-4-13(16)10(2)9-15-12-7-5-11(6-8-12)14(17)18-3/h5-8,10,15H,4,9H2,1-3H3. The fraction of sp³-hybridized carbons (Fsp3) is 0.429. The van der Waals surface area contributed by atoms with Crippen molar-refractivity contribution in [1.82, 2.24) is 0 Å². The van der Waals surface area contributed by atoms with Gasteiger partial charge in [0, 0.05) is 24.6 Å². The largest absolute Gasteiger partial charge is 0.465 e. The number of esters is 1. The normalized spacial score (nSPS) is 11.7. The molecule has 1 aromatic carbocycles. The molecule has 0 bridgehead atoms. The Bertz CT molecular complexity index is 412. The summed E-state index contributed by atoms with van der Waals surface area (Å²) >= 11 is 0. The van der Waals surface area contributed by atoms with Crippen molar-refractivity contribution in [1.29, 1.82) is 0 Å². The van der Waals surface area contributed by atoms with E-state index in [0.717, 1.165) is 5.69 Å². The Balaban J connectivity index is 2.54. The van der Waals surface area contributed by atoms with Crippen LogP contribution in [0.5, 0.6) is 0 Å². The molecule has 0 spiro atoms. The number of hydrogen-bond acceptors (Lipinski definition) is 4. The number of anilines is 1. The highest BCUT2D eigenvalue weighted by Crippen LogP contribution is 2.11. The number of methoxy groups -OCH3 is 1. The molecule has 98 valence electrons. The maximum atomic E-state index is 11.4. The van der Waals surface area contributed by atoms with Crippen molar-refractivity contribution in [3.05, 3.63) is 29.8 Å². The number of carbonyl (C=O) groups is 2. The number of nitrogens with one attached hydrogen (secondary N) is 1. The second-order valence-electron chi connectivity index (χ2n) is 4.17. The van der Waals surface area contributed by atoms with E-state index in [9.17, 15) is 9.59 Å². The van der Waals surface area contributed by atoms with Crippen molar-refractivity contribution in [3.63, 3.8) is 0 Å². The van der Waals surface area contributed by atoms with Gasteiger partial charge in [-0.15, -0.1) is 0 Å². The minimum Gasteiger partial charge on any atom is -0.465 e. The van der Waals surface area contributed by atoms with Crippen molar-refractivity contribution in [2.75, 3.05) is 19.0 Å². The van der Waals surface area contributed by atoms with Crippen LogP contribution in [0.2, 0.25) is 0 Å². The van der Waals surface area contributed by atoms with Crippen LogP contribution in [0.1, 0.15) is 30.6 Å². The second-order valence-corrected chi connectivity index (χ2v) is 4.17. The predicted molar refractivity (Wildman–Crippen MR) is 70.7 cm³/mol. The molecule has 0 heterocycles. The molecule has 0 radical (unpaired) electrons. The van der Waals surface area contributed by atoms with Crippen molar-refractivity contribution >= 4 is 17.4 Å². The van der Waals surface area contributed by atoms with E-state index in [4.69, 9.17) is 0 Å². The van der Waals surface area contributed by atoms with Crippen molar-refractivity contribution in [2.45, 2.75) is 20.3 Å². The zero-order valence-electron chi connectivity index (χ0n) is 11.0. The fourth-order valence-corrected chi connectivity index (χ4v) is 1.58. The molecule has 0 aliphatic rings. The highest BCUT2D eigenvalue weighted by atomic mass is 16.5. The van der Waals surface area contributed by atoms with Crippen LogP contribution < -0.4 is 5.32 Å². The second kappa shape index (κ2) is 6.79. The summed E-state index contributed by atoms with van der Waals surface area (Å²) in [6.07, 6.45) is 0.560. The molecule has 0 amide bonds. The Hall–Kier alpha value is -1.84. The average Bonchev–Trinajstić information content (AvgIpc) is 2.43. The van der Waals surface area contributed by atoms with E-state index in [1.807, 2.05) is 13.8 Å². The molecule has 0 aliphatic carbocycles. The first kappa shape index (κ1) is 14.2. The van der Waals surface area contributed by atoms with Gasteiger partial charge in [-0.25, -0.2) is 4.79 Å². The third-order valence-electron chi connectivity index (χ3n) is 2.82. The Kier molecular flexibility index (Phi) is 5.36. The van der Waals surface area contributed by atoms with E-state index in [1.54, 1.807) is 24.3 Å². The molecule has 18 heavy (non-hydrogen) atoms. The molecule has 1 N–H and O–H groups in total. The first-order chi connectivity index (χ1) is 8.58. The fourth-order valence-electron chi connectivity index (χ4n) is 1.58. The highest BCUT2D eigenvalue weighted by molar-refractivity contribution is 5.89. The lowest BCUT2D eigenvalue weighted by molar-refractivity contribution is -0.121. The molecular formula is C14H19NO3. The van der Waals surface area contributed by atoms with Gasteiger partial charge >= 0.3 is 5.97 Å². The first-order valence-electron chi connectivity index (χ1n) is 6.03. The van der Waals surface area contributed by atoms with Crippen LogP contribution in [0.15, 0.2) is 24.3 Å². The lowest BCUT2D eigenvalue weighted by atomic mass is 10.0. The third kappa shape index (κ3) is 3.87. The summed E-state index contributed by atoms with van der Waals surface area (Å²) < 4.78 is 4.62. The Morgan fingerprint density at radius 3 is 2.39 bits per heavy atom. The van der Waals surface area contributed by atoms with E-state index in [2.05, 4.69) is 10.1 Å². The molecule has 0 aromatic heterocycles. The molecule has 0 fully saturated rings. The highest BCUT2D eigenvalue weighted by Gasteiger charge is 2.10. The predicted octanol–water partition coefficient (Wildman–Crippen LogP) is 2.50. The summed E-state index contributed by atoms with van der Waals surface area (Å²) in [7, 11) is 1.35. The molecule has 0 saturated heterocycles. The Labute approximate surface area is 107 Å². The van der Waals surface area contributed by atoms with Gasteiger partial charge in [0.1, 0.15) is 5.78 Å². The van der Waals surface area contributed by atoms with Crippen LogP contribution in [0.4, 0.5) is 5.69 Å². The summed E-state index contributed by atoms with van der Waals surface area (Å²) in [6.45, 7) is 4.37. The Morgan fingerprint density at radius 2 is 1.89 bits per heavy atom. The van der Waals surface area contributed by atoms with Gasteiger partial charge in [0.2, 0.25) is 0 Å². The summed E-state index contributed by atoms with van der Waals surface area (Å²) in [4.78, 5) is 22.6. The summed E-state index contributed by atoms with van der Waals surface area (Å²) in [5.74, 6) is -0.111. The van der Waals surface area contributed by atoms with Gasteiger partial charge in [-0.1, -0.05) is 13.8 Å². The lowest BCUT2D eigenvalue weighted by Crippen LogP contribution is -2.19. The van der Waals surface area contributed by atoms with E-state index >= 15 is 0 Å². The minimum atomic E-state index is -0.351. The average molecular weight is 249 g/mol. The van der Waals surface area contributed by atoms with Crippen LogP contribution in [-0.2, 0) is 9.53 Å². The topological polar surface area (TPSA) is 55.4 Å². The number of benzene rings is 1. The van der Waals surface area contributed by atoms with Gasteiger partial charge in [-0.2, -0.15) is 0 Å². The van der Waals surface area contributed by atoms with Gasteiger partial charge in [-0.05, 0) is 24.3 Å². The van der Waals surface area contributed by atoms with E-state index in [-0.39, 0.29) is 17.7 Å². The molecular weight excluding hydrogens is 230 g/mol. The van der Waals surface area contributed by atoms with Crippen molar-refractivity contribution in [3.8, 4) is 0 Å². The Morgan fingerprint density at radius 1 is 1.28 bits per heavy atom. The van der Waals surface area contributed by atoms with Crippen LogP contribution in [0.25, 0.3) is 0 Å². The maximum Gasteiger partial charge on any atom is 0.337 e. The SMILES string of the molecule is CCC(=O)C(C)CNc1ccc(C(=O)OC)cc1. The number of ketones is 1. The monoisotopic (exact) mass is 249 g/mol. The van der Waals surface area contributed by atoms with Gasteiger partial charge < -0.3 is 10.1 Å². The number of hydrogen-bond donors (Lipinski definition) is 1. The molecule has 1 aromatic rings. The van der Waals surface area contributed by atoms with Gasteiger partial charge in [0.05, 0.1) is 12.7 Å². The molecule has 4 heteroatoms. The van der Waals surface area contributed by atoms with Crippen LogP contribution in [0, 0.1) is 5.92 Å². The lowest BCUT2D eigenvalue weighted by Gasteiger charge is -2.12. The summed E-state index contributed by atoms with van der Waals surface area (Å²) in [6, 6.07) is 6.99. The minimum absolute atomic E-state index is 0.00437. The molecule has 1 atom stereocenters. The molecule has 1 unspecified atom stereocenters. The number of Topliss-reactive ketones (excluding diaryl/α,β-unsaturated/α-hetero) is 1. The number of carbonyl (C=O) groups excluding carboxylic acids is 2. The van der Waals surface area contributed by atoms with Crippen LogP contribution in [0.3, 0.4) is 0 Å². The van der Waals surface area contributed by atoms with Crippen molar-refractivity contribution < 1.29 is 14.3 Å². The smallest absolute Gasteiger partial charge is 0.337 e. The van der Waals surface area contributed by atoms with Crippen LogP contribution >= 0.6 is 0 Å². The quantitative estimate of drug-likeness (QED) is 0.787. The van der Waals surface area contributed by atoms with Gasteiger partial charge in [0.25, 0.3) is 0 Å². The van der Waals surface area contributed by atoms with Gasteiger partial charge in [-0.3, -0.25) is 4.79 Å². The van der Waals surface area contributed by atoms with Crippen LogP contribution in [-0.4, -0.2) is 25.4 Å². The molecule has 4 nitrogen and oxygen atoms in total. The summed E-state index contributed by atoms with van der Waals surface area (Å²) in [5.41, 5.74) is 1.40. The zero-order chi connectivity index (χ0) is 13.5.